The fraction of sp³-hybridized carbons (Fsp3) is 0.381. The molecule has 0 saturated heterocycles. The van der Waals surface area contributed by atoms with Gasteiger partial charge in [-0.25, -0.2) is 0 Å². The number of carbonyl (C=O) groups excluding carboxylic acids is 3. The van der Waals surface area contributed by atoms with Gasteiger partial charge in [-0.1, -0.05) is 0 Å². The van der Waals surface area contributed by atoms with Crippen molar-refractivity contribution in [2.75, 3.05) is 38.7 Å². The smallest absolute Gasteiger partial charge is 0.252 e. The maximum Gasteiger partial charge on any atom is 0.252 e. The fourth-order valence-corrected chi connectivity index (χ4v) is 3.24. The van der Waals surface area contributed by atoms with Gasteiger partial charge < -0.3 is 25.0 Å². The highest BCUT2D eigenvalue weighted by molar-refractivity contribution is 7.08. The standard InChI is InChI=1S/C21H27N3O5S/c1-4-28-17-7-6-16(12-18(17)29-5-2)23-19(25)13-24(3)20(26)8-10-22-21(27)15-9-11-30-14-15/h6-7,9,11-12,14H,4-5,8,10,13H2,1-3H3,(H,22,27)(H,23,25). The summed E-state index contributed by atoms with van der Waals surface area (Å²) in [6.45, 7) is 4.82. The predicted octanol–water partition coefficient (Wildman–Crippen LogP) is 2.76. The summed E-state index contributed by atoms with van der Waals surface area (Å²) < 4.78 is 11.1. The molecule has 162 valence electrons. The van der Waals surface area contributed by atoms with Crippen LogP contribution in [0.15, 0.2) is 35.0 Å². The molecule has 0 radical (unpaired) electrons. The van der Waals surface area contributed by atoms with Crippen molar-refractivity contribution in [2.45, 2.75) is 20.3 Å². The van der Waals surface area contributed by atoms with E-state index in [9.17, 15) is 14.4 Å². The van der Waals surface area contributed by atoms with Crippen LogP contribution < -0.4 is 20.1 Å². The Kier molecular flexibility index (Phi) is 9.14. The fourth-order valence-electron chi connectivity index (χ4n) is 2.60. The van der Waals surface area contributed by atoms with Crippen molar-refractivity contribution < 1.29 is 23.9 Å². The molecule has 1 heterocycles. The minimum absolute atomic E-state index is 0.103. The van der Waals surface area contributed by atoms with Gasteiger partial charge in [0.2, 0.25) is 11.8 Å². The first-order valence-electron chi connectivity index (χ1n) is 9.68. The Hall–Kier alpha value is -3.07. The van der Waals surface area contributed by atoms with Crippen LogP contribution in [-0.2, 0) is 9.59 Å². The van der Waals surface area contributed by atoms with Crippen molar-refractivity contribution in [2.24, 2.45) is 0 Å². The van der Waals surface area contributed by atoms with E-state index in [1.165, 1.54) is 16.2 Å². The van der Waals surface area contributed by atoms with Gasteiger partial charge >= 0.3 is 0 Å². The molecule has 0 fully saturated rings. The molecule has 30 heavy (non-hydrogen) atoms. The second kappa shape index (κ2) is 11.8. The summed E-state index contributed by atoms with van der Waals surface area (Å²) in [4.78, 5) is 37.7. The third-order valence-corrected chi connectivity index (χ3v) is 4.72. The zero-order chi connectivity index (χ0) is 21.9. The van der Waals surface area contributed by atoms with Crippen molar-refractivity contribution in [3.05, 3.63) is 40.6 Å². The quantitative estimate of drug-likeness (QED) is 0.568. The van der Waals surface area contributed by atoms with Crippen molar-refractivity contribution in [3.8, 4) is 11.5 Å². The Balaban J connectivity index is 1.81. The van der Waals surface area contributed by atoms with Crippen molar-refractivity contribution in [1.29, 1.82) is 0 Å². The van der Waals surface area contributed by atoms with E-state index in [2.05, 4.69) is 10.6 Å². The number of nitrogens with zero attached hydrogens (tertiary/aromatic N) is 1. The van der Waals surface area contributed by atoms with Gasteiger partial charge in [0.25, 0.3) is 5.91 Å². The second-order valence-electron chi connectivity index (χ2n) is 6.34. The SMILES string of the molecule is CCOc1ccc(NC(=O)CN(C)C(=O)CCNC(=O)c2ccsc2)cc1OCC. The largest absolute Gasteiger partial charge is 0.490 e. The molecule has 1 aromatic heterocycles. The van der Waals surface area contributed by atoms with E-state index in [1.807, 2.05) is 19.2 Å². The van der Waals surface area contributed by atoms with Crippen molar-refractivity contribution in [3.63, 3.8) is 0 Å². The van der Waals surface area contributed by atoms with Gasteiger partial charge in [-0.05, 0) is 37.4 Å². The molecule has 2 aromatic rings. The summed E-state index contributed by atoms with van der Waals surface area (Å²) >= 11 is 1.43. The molecule has 9 heteroatoms. The lowest BCUT2D eigenvalue weighted by atomic mass is 10.2. The maximum absolute atomic E-state index is 12.3. The lowest BCUT2D eigenvalue weighted by Crippen LogP contribution is -2.37. The molecule has 0 saturated carbocycles. The van der Waals surface area contributed by atoms with Crippen LogP contribution in [0.5, 0.6) is 11.5 Å². The third kappa shape index (κ3) is 7.07. The van der Waals surface area contributed by atoms with Crippen LogP contribution in [0.4, 0.5) is 5.69 Å². The van der Waals surface area contributed by atoms with Crippen LogP contribution in [0.3, 0.4) is 0 Å². The normalized spacial score (nSPS) is 10.2. The molecular weight excluding hydrogens is 406 g/mol. The number of nitrogens with one attached hydrogen (secondary N) is 2. The van der Waals surface area contributed by atoms with Gasteiger partial charge in [-0.15, -0.1) is 0 Å². The van der Waals surface area contributed by atoms with Crippen LogP contribution >= 0.6 is 11.3 Å². The van der Waals surface area contributed by atoms with Crippen LogP contribution in [0, 0.1) is 0 Å². The van der Waals surface area contributed by atoms with E-state index in [1.54, 1.807) is 36.7 Å². The molecule has 8 nitrogen and oxygen atoms in total. The van der Waals surface area contributed by atoms with E-state index in [0.717, 1.165) is 0 Å². The summed E-state index contributed by atoms with van der Waals surface area (Å²) in [6, 6.07) is 6.85. The molecule has 0 atom stereocenters. The Labute approximate surface area is 180 Å². The first-order chi connectivity index (χ1) is 14.4. The minimum Gasteiger partial charge on any atom is -0.490 e. The number of benzene rings is 1. The van der Waals surface area contributed by atoms with Gasteiger partial charge in [0.15, 0.2) is 11.5 Å². The zero-order valence-electron chi connectivity index (χ0n) is 17.4. The number of hydrogen-bond donors (Lipinski definition) is 2. The van der Waals surface area contributed by atoms with Crippen LogP contribution in [0.2, 0.25) is 0 Å². The maximum atomic E-state index is 12.3. The van der Waals surface area contributed by atoms with Gasteiger partial charge in [0.05, 0.1) is 19.8 Å². The molecule has 1 aromatic carbocycles. The summed E-state index contributed by atoms with van der Waals surface area (Å²) in [5, 5.41) is 9.00. The predicted molar refractivity (Wildman–Crippen MR) is 116 cm³/mol. The summed E-state index contributed by atoms with van der Waals surface area (Å²) in [5.74, 6) is 0.361. The molecule has 0 aliphatic rings. The van der Waals surface area contributed by atoms with E-state index in [-0.39, 0.29) is 37.2 Å². The number of carbonyl (C=O) groups is 3. The molecule has 0 bridgehead atoms. The van der Waals surface area contributed by atoms with Gasteiger partial charge in [0.1, 0.15) is 0 Å². The minimum atomic E-state index is -0.334. The topological polar surface area (TPSA) is 97.0 Å². The van der Waals surface area contributed by atoms with Gasteiger partial charge in [-0.3, -0.25) is 14.4 Å². The first kappa shape index (κ1) is 23.2. The number of hydrogen-bond acceptors (Lipinski definition) is 6. The van der Waals surface area contributed by atoms with E-state index in [0.29, 0.717) is 36.0 Å². The number of thiophene rings is 1. The second-order valence-corrected chi connectivity index (χ2v) is 7.12. The van der Waals surface area contributed by atoms with E-state index >= 15 is 0 Å². The summed E-state index contributed by atoms with van der Waals surface area (Å²) in [7, 11) is 1.55. The third-order valence-electron chi connectivity index (χ3n) is 4.04. The monoisotopic (exact) mass is 433 g/mol. The number of rotatable bonds is 11. The molecule has 0 spiro atoms. The molecule has 2 N–H and O–H groups in total. The Morgan fingerprint density at radius 3 is 2.47 bits per heavy atom. The molecule has 3 amide bonds. The van der Waals surface area contributed by atoms with Crippen LogP contribution in [-0.4, -0.2) is 56.0 Å². The number of amides is 3. The molecule has 0 aliphatic heterocycles. The van der Waals surface area contributed by atoms with E-state index < -0.39 is 0 Å². The van der Waals surface area contributed by atoms with Gasteiger partial charge in [-0.2, -0.15) is 11.3 Å². The van der Waals surface area contributed by atoms with Crippen LogP contribution in [0.1, 0.15) is 30.6 Å². The molecular formula is C21H27N3O5S. The lowest BCUT2D eigenvalue weighted by molar-refractivity contribution is -0.133. The average molecular weight is 434 g/mol. The van der Waals surface area contributed by atoms with Crippen molar-refractivity contribution in [1.82, 2.24) is 10.2 Å². The number of anilines is 1. The average Bonchev–Trinajstić information content (AvgIpc) is 3.25. The van der Waals surface area contributed by atoms with E-state index in [4.69, 9.17) is 9.47 Å². The highest BCUT2D eigenvalue weighted by Gasteiger charge is 2.15. The zero-order valence-corrected chi connectivity index (χ0v) is 18.2. The summed E-state index contributed by atoms with van der Waals surface area (Å²) in [5.41, 5.74) is 1.12. The Bertz CT molecular complexity index is 854. The highest BCUT2D eigenvalue weighted by atomic mass is 32.1. The summed E-state index contributed by atoms with van der Waals surface area (Å²) in [6.07, 6.45) is 0.108. The molecule has 0 unspecified atom stereocenters. The number of likely N-dealkylation sites (N-methyl/N-ethyl adjacent to an activating group) is 1. The Morgan fingerprint density at radius 1 is 1.07 bits per heavy atom. The van der Waals surface area contributed by atoms with Crippen molar-refractivity contribution >= 4 is 34.7 Å². The number of ether oxygens (including phenoxy) is 2. The molecule has 0 aliphatic carbocycles. The Morgan fingerprint density at radius 2 is 1.80 bits per heavy atom. The lowest BCUT2D eigenvalue weighted by Gasteiger charge is -2.17. The first-order valence-corrected chi connectivity index (χ1v) is 10.6. The molecule has 2 rings (SSSR count). The van der Waals surface area contributed by atoms with Gasteiger partial charge in [0, 0.05) is 42.7 Å². The van der Waals surface area contributed by atoms with Crippen LogP contribution in [0.25, 0.3) is 0 Å². The highest BCUT2D eigenvalue weighted by Crippen LogP contribution is 2.30.